The largest absolute Gasteiger partial charge is 0.612 e. The van der Waals surface area contributed by atoms with Crippen molar-refractivity contribution in [2.75, 3.05) is 6.26 Å². The Balaban J connectivity index is 2.39. The third kappa shape index (κ3) is 1.86. The summed E-state index contributed by atoms with van der Waals surface area (Å²) in [6.07, 6.45) is 1.52. The molecular weight excluding hydrogens is 282 g/mol. The lowest BCUT2D eigenvalue weighted by molar-refractivity contribution is 0.0690. The summed E-state index contributed by atoms with van der Waals surface area (Å²) in [5.74, 6) is -1.21. The molecule has 0 aliphatic carbocycles. The van der Waals surface area contributed by atoms with Gasteiger partial charge in [0, 0.05) is 12.1 Å². The first-order valence-electron chi connectivity index (χ1n) is 5.60. The van der Waals surface area contributed by atoms with Crippen LogP contribution in [0.4, 0.5) is 0 Å². The van der Waals surface area contributed by atoms with Crippen LogP contribution in [0.25, 0.3) is 16.6 Å². The fourth-order valence-electron chi connectivity index (χ4n) is 1.97. The highest BCUT2D eigenvalue weighted by Crippen LogP contribution is 2.16. The van der Waals surface area contributed by atoms with Crippen LogP contribution in [0.1, 0.15) is 10.5 Å². The fourth-order valence-corrected chi connectivity index (χ4v) is 2.51. The molecule has 0 bridgehead atoms. The van der Waals surface area contributed by atoms with Gasteiger partial charge in [0.25, 0.3) is 5.56 Å². The van der Waals surface area contributed by atoms with E-state index in [9.17, 15) is 14.1 Å². The highest BCUT2D eigenvalue weighted by molar-refractivity contribution is 7.90. The minimum absolute atomic E-state index is 0.215. The van der Waals surface area contributed by atoms with Crippen molar-refractivity contribution in [3.63, 3.8) is 0 Å². The second kappa shape index (κ2) is 4.36. The van der Waals surface area contributed by atoms with Crippen molar-refractivity contribution in [3.8, 4) is 0 Å². The Hall–Kier alpha value is -2.32. The molecule has 0 amide bonds. The zero-order valence-corrected chi connectivity index (χ0v) is 11.1. The first kappa shape index (κ1) is 12.7. The third-order valence-electron chi connectivity index (χ3n) is 2.94. The van der Waals surface area contributed by atoms with E-state index in [2.05, 4.69) is 10.1 Å². The number of hydrogen-bond acceptors (Lipinski definition) is 4. The average molecular weight is 291 g/mol. The SMILES string of the molecule is C[S+]([O-])c1ccc2[nH]c3cc(C(=O)O)nn3c(=O)c2c1. The molecule has 0 saturated carbocycles. The van der Waals surface area contributed by atoms with E-state index in [1.54, 1.807) is 12.1 Å². The maximum atomic E-state index is 12.3. The van der Waals surface area contributed by atoms with Crippen LogP contribution >= 0.6 is 0 Å². The predicted molar refractivity (Wildman–Crippen MR) is 72.6 cm³/mol. The number of benzene rings is 1. The summed E-state index contributed by atoms with van der Waals surface area (Å²) in [7, 11) is 0. The smallest absolute Gasteiger partial charge is 0.356 e. The molecule has 2 N–H and O–H groups in total. The molecule has 2 aromatic heterocycles. The lowest BCUT2D eigenvalue weighted by Gasteiger charge is -2.05. The molecular formula is C12H9N3O4S. The van der Waals surface area contributed by atoms with E-state index in [4.69, 9.17) is 5.11 Å². The number of carbonyl (C=O) groups is 1. The van der Waals surface area contributed by atoms with Gasteiger partial charge in [-0.1, -0.05) is 0 Å². The van der Waals surface area contributed by atoms with Crippen LogP contribution in [0.2, 0.25) is 0 Å². The lowest BCUT2D eigenvalue weighted by Crippen LogP contribution is -2.16. The fraction of sp³-hybridized carbons (Fsp3) is 0.0833. The molecule has 3 rings (SSSR count). The molecule has 0 spiro atoms. The van der Waals surface area contributed by atoms with Gasteiger partial charge in [0.1, 0.15) is 11.9 Å². The van der Waals surface area contributed by atoms with E-state index in [0.29, 0.717) is 21.4 Å². The molecule has 2 heterocycles. The Kier molecular flexibility index (Phi) is 2.77. The molecule has 102 valence electrons. The zero-order valence-electron chi connectivity index (χ0n) is 10.3. The second-order valence-corrected chi connectivity index (χ2v) is 5.60. The monoisotopic (exact) mass is 291 g/mol. The third-order valence-corrected chi connectivity index (χ3v) is 3.85. The van der Waals surface area contributed by atoms with Crippen molar-refractivity contribution < 1.29 is 14.5 Å². The average Bonchev–Trinajstić information content (AvgIpc) is 2.83. The van der Waals surface area contributed by atoms with Crippen LogP contribution < -0.4 is 5.56 Å². The van der Waals surface area contributed by atoms with E-state index in [1.807, 2.05) is 0 Å². The van der Waals surface area contributed by atoms with Crippen molar-refractivity contribution in [1.29, 1.82) is 0 Å². The molecule has 0 aliphatic heterocycles. The molecule has 0 fully saturated rings. The molecule has 1 unspecified atom stereocenters. The Morgan fingerprint density at radius 3 is 2.85 bits per heavy atom. The van der Waals surface area contributed by atoms with Crippen molar-refractivity contribution in [1.82, 2.24) is 14.6 Å². The molecule has 0 saturated heterocycles. The molecule has 20 heavy (non-hydrogen) atoms. The number of aromatic amines is 1. The van der Waals surface area contributed by atoms with Crippen molar-refractivity contribution in [3.05, 3.63) is 40.3 Å². The first-order chi connectivity index (χ1) is 9.47. The molecule has 0 aliphatic rings. The Morgan fingerprint density at radius 2 is 2.20 bits per heavy atom. The summed E-state index contributed by atoms with van der Waals surface area (Å²) in [6.45, 7) is 0. The Morgan fingerprint density at radius 1 is 1.45 bits per heavy atom. The van der Waals surface area contributed by atoms with E-state index in [1.165, 1.54) is 18.4 Å². The van der Waals surface area contributed by atoms with Crippen molar-refractivity contribution >= 4 is 33.7 Å². The number of carboxylic acids is 1. The minimum Gasteiger partial charge on any atom is -0.612 e. The van der Waals surface area contributed by atoms with Gasteiger partial charge in [0.15, 0.2) is 10.6 Å². The van der Waals surface area contributed by atoms with Gasteiger partial charge >= 0.3 is 5.97 Å². The molecule has 1 atom stereocenters. The van der Waals surface area contributed by atoms with Gasteiger partial charge in [-0.2, -0.15) is 9.61 Å². The van der Waals surface area contributed by atoms with E-state index in [0.717, 1.165) is 4.52 Å². The van der Waals surface area contributed by atoms with Gasteiger partial charge in [0.2, 0.25) is 0 Å². The summed E-state index contributed by atoms with van der Waals surface area (Å²) < 4.78 is 12.5. The lowest BCUT2D eigenvalue weighted by atomic mass is 10.2. The molecule has 1 aromatic carbocycles. The van der Waals surface area contributed by atoms with Crippen LogP contribution in [0.3, 0.4) is 0 Å². The number of aromatic nitrogens is 3. The summed E-state index contributed by atoms with van der Waals surface area (Å²) in [4.78, 5) is 26.6. The van der Waals surface area contributed by atoms with Crippen LogP contribution in [-0.2, 0) is 11.2 Å². The van der Waals surface area contributed by atoms with E-state index in [-0.39, 0.29) is 5.69 Å². The van der Waals surface area contributed by atoms with Gasteiger partial charge in [-0.05, 0) is 23.3 Å². The Bertz CT molecular complexity index is 897. The highest BCUT2D eigenvalue weighted by Gasteiger charge is 2.14. The normalized spacial score (nSPS) is 12.9. The zero-order chi connectivity index (χ0) is 14.4. The molecule has 3 aromatic rings. The van der Waals surface area contributed by atoms with Gasteiger partial charge < -0.3 is 14.6 Å². The molecule has 8 heteroatoms. The summed E-state index contributed by atoms with van der Waals surface area (Å²) in [5, 5.41) is 12.9. The van der Waals surface area contributed by atoms with Crippen LogP contribution in [0.5, 0.6) is 0 Å². The summed E-state index contributed by atoms with van der Waals surface area (Å²) in [5.41, 5.74) is 0.167. The van der Waals surface area contributed by atoms with Crippen molar-refractivity contribution in [2.45, 2.75) is 4.90 Å². The predicted octanol–water partition coefficient (Wildman–Crippen LogP) is 0.611. The number of carboxylic acid groups (broad SMARTS) is 1. The van der Waals surface area contributed by atoms with Crippen LogP contribution in [0, 0.1) is 0 Å². The number of fused-ring (bicyclic) bond motifs is 2. The van der Waals surface area contributed by atoms with Gasteiger partial charge in [-0.15, -0.1) is 0 Å². The molecule has 7 nitrogen and oxygen atoms in total. The van der Waals surface area contributed by atoms with Gasteiger partial charge in [-0.3, -0.25) is 4.79 Å². The number of rotatable bonds is 2. The second-order valence-electron chi connectivity index (χ2n) is 4.22. The van der Waals surface area contributed by atoms with E-state index < -0.39 is 22.7 Å². The van der Waals surface area contributed by atoms with Crippen molar-refractivity contribution in [2.24, 2.45) is 0 Å². The van der Waals surface area contributed by atoms with E-state index >= 15 is 0 Å². The van der Waals surface area contributed by atoms with Crippen LogP contribution in [-0.4, -0.2) is 36.5 Å². The summed E-state index contributed by atoms with van der Waals surface area (Å²) in [6, 6.07) is 6.10. The van der Waals surface area contributed by atoms with Gasteiger partial charge in [0.05, 0.1) is 10.9 Å². The first-order valence-corrected chi connectivity index (χ1v) is 7.16. The number of hydrogen-bond donors (Lipinski definition) is 2. The number of nitrogens with zero attached hydrogens (tertiary/aromatic N) is 2. The maximum Gasteiger partial charge on any atom is 0.356 e. The maximum absolute atomic E-state index is 12.3. The topological polar surface area (TPSA) is 111 Å². The number of aromatic carboxylic acids is 1. The van der Waals surface area contributed by atoms with Gasteiger partial charge in [-0.25, -0.2) is 4.79 Å². The van der Waals surface area contributed by atoms with Crippen LogP contribution in [0.15, 0.2) is 34.0 Å². The quantitative estimate of drug-likeness (QED) is 0.672. The Labute approximate surface area is 115 Å². The minimum atomic E-state index is -1.21. The summed E-state index contributed by atoms with van der Waals surface area (Å²) >= 11 is -1.21. The number of nitrogens with one attached hydrogen (secondary N) is 1. The molecule has 0 radical (unpaired) electrons. The number of H-pyrrole nitrogens is 1. The standard InChI is InChI=1S/C12H9N3O4S/c1-20(19)6-2-3-8-7(4-6)11(16)15-10(13-8)5-9(14-15)12(17)18/h2-5,13H,1H3,(H,17,18). The highest BCUT2D eigenvalue weighted by atomic mass is 32.2.